The predicted octanol–water partition coefficient (Wildman–Crippen LogP) is 0.646. The fourth-order valence-electron chi connectivity index (χ4n) is 3.37. The molecule has 0 radical (unpaired) electrons. The first kappa shape index (κ1) is 14.3. The molecule has 0 saturated carbocycles. The summed E-state index contributed by atoms with van der Waals surface area (Å²) in [7, 11) is 0. The Kier molecular flexibility index (Phi) is 4.45. The Labute approximate surface area is 115 Å². The number of carbonyl (C=O) groups excluding carboxylic acids is 2. The number of carbonyl (C=O) groups is 2. The van der Waals surface area contributed by atoms with Gasteiger partial charge in [0.15, 0.2) is 0 Å². The molecule has 0 bridgehead atoms. The van der Waals surface area contributed by atoms with Gasteiger partial charge in [0.1, 0.15) is 6.04 Å². The number of hydrogen-bond donors (Lipinski definition) is 2. The third kappa shape index (κ3) is 2.61. The first-order chi connectivity index (χ1) is 9.14. The highest BCUT2D eigenvalue weighted by Crippen LogP contribution is 2.28. The fraction of sp³-hybridized carbons (Fsp3) is 0.857. The molecule has 0 aromatic heterocycles. The zero-order chi connectivity index (χ0) is 13.9. The lowest BCUT2D eigenvalue weighted by Gasteiger charge is -2.40. The summed E-state index contributed by atoms with van der Waals surface area (Å²) >= 11 is 0. The minimum absolute atomic E-state index is 0.00764. The van der Waals surface area contributed by atoms with Crippen molar-refractivity contribution in [3.63, 3.8) is 0 Å². The van der Waals surface area contributed by atoms with E-state index >= 15 is 0 Å². The molecule has 5 heteroatoms. The second-order valence-corrected chi connectivity index (χ2v) is 5.58. The van der Waals surface area contributed by atoms with Crippen LogP contribution < -0.4 is 10.6 Å². The molecule has 2 fully saturated rings. The van der Waals surface area contributed by atoms with Crippen molar-refractivity contribution < 1.29 is 9.59 Å². The van der Waals surface area contributed by atoms with Gasteiger partial charge >= 0.3 is 0 Å². The topological polar surface area (TPSA) is 61.4 Å². The Morgan fingerprint density at radius 2 is 2.21 bits per heavy atom. The van der Waals surface area contributed by atoms with Crippen LogP contribution in [0.1, 0.15) is 46.0 Å². The van der Waals surface area contributed by atoms with Crippen LogP contribution in [-0.4, -0.2) is 47.9 Å². The Morgan fingerprint density at radius 3 is 2.79 bits per heavy atom. The second kappa shape index (κ2) is 5.90. The smallest absolute Gasteiger partial charge is 0.243 e. The van der Waals surface area contributed by atoms with Crippen LogP contribution in [-0.2, 0) is 9.59 Å². The Hall–Kier alpha value is -1.10. The molecule has 2 amide bonds. The first-order valence-corrected chi connectivity index (χ1v) is 7.48. The average molecular weight is 267 g/mol. The molecule has 2 N–H and O–H groups in total. The standard InChI is InChI=1S/C14H25N3O2/c1-3-6-14(7-5-8-16-14)13(19)17-10-9-15-12(18)11(17)4-2/h11,16H,3-10H2,1-2H3,(H,15,18). The van der Waals surface area contributed by atoms with Gasteiger partial charge in [-0.2, -0.15) is 0 Å². The number of piperazine rings is 1. The highest BCUT2D eigenvalue weighted by molar-refractivity contribution is 5.93. The third-order valence-corrected chi connectivity index (χ3v) is 4.31. The molecule has 19 heavy (non-hydrogen) atoms. The van der Waals surface area contributed by atoms with Crippen LogP contribution in [0.4, 0.5) is 0 Å². The highest BCUT2D eigenvalue weighted by Gasteiger charge is 2.45. The van der Waals surface area contributed by atoms with Crippen LogP contribution in [0.15, 0.2) is 0 Å². The molecule has 2 aliphatic heterocycles. The van der Waals surface area contributed by atoms with Crippen molar-refractivity contribution >= 4 is 11.8 Å². The van der Waals surface area contributed by atoms with Crippen molar-refractivity contribution in [1.29, 1.82) is 0 Å². The van der Waals surface area contributed by atoms with E-state index in [4.69, 9.17) is 0 Å². The predicted molar refractivity (Wildman–Crippen MR) is 73.7 cm³/mol. The molecule has 2 saturated heterocycles. The lowest BCUT2D eigenvalue weighted by atomic mass is 9.89. The number of nitrogens with one attached hydrogen (secondary N) is 2. The van der Waals surface area contributed by atoms with E-state index in [-0.39, 0.29) is 17.9 Å². The van der Waals surface area contributed by atoms with Gasteiger partial charge in [0.05, 0.1) is 5.54 Å². The lowest BCUT2D eigenvalue weighted by molar-refractivity contribution is -0.148. The molecule has 2 aliphatic rings. The van der Waals surface area contributed by atoms with Crippen LogP contribution in [0.5, 0.6) is 0 Å². The van der Waals surface area contributed by atoms with Gasteiger partial charge in [-0.1, -0.05) is 20.3 Å². The van der Waals surface area contributed by atoms with E-state index < -0.39 is 5.54 Å². The summed E-state index contributed by atoms with van der Waals surface area (Å²) in [5.41, 5.74) is -0.417. The van der Waals surface area contributed by atoms with Crippen molar-refractivity contribution in [1.82, 2.24) is 15.5 Å². The first-order valence-electron chi connectivity index (χ1n) is 7.48. The Balaban J connectivity index is 2.18. The lowest BCUT2D eigenvalue weighted by Crippen LogP contribution is -2.63. The minimum Gasteiger partial charge on any atom is -0.353 e. The molecule has 2 atom stereocenters. The summed E-state index contributed by atoms with van der Waals surface area (Å²) in [6, 6.07) is -0.294. The zero-order valence-corrected chi connectivity index (χ0v) is 12.0. The van der Waals surface area contributed by atoms with Crippen molar-refractivity contribution in [2.75, 3.05) is 19.6 Å². The SMILES string of the molecule is CCCC1(C(=O)N2CCNC(=O)C2CC)CCCN1. The summed E-state index contributed by atoms with van der Waals surface area (Å²) in [4.78, 5) is 26.6. The highest BCUT2D eigenvalue weighted by atomic mass is 16.2. The van der Waals surface area contributed by atoms with E-state index in [1.165, 1.54) is 0 Å². The van der Waals surface area contributed by atoms with Crippen LogP contribution in [0.25, 0.3) is 0 Å². The molecule has 0 aromatic carbocycles. The van der Waals surface area contributed by atoms with E-state index in [1.54, 1.807) is 4.90 Å². The molecule has 2 heterocycles. The summed E-state index contributed by atoms with van der Waals surface area (Å²) in [5, 5.41) is 6.25. The molecule has 2 unspecified atom stereocenters. The Morgan fingerprint density at radius 1 is 1.42 bits per heavy atom. The van der Waals surface area contributed by atoms with Crippen LogP contribution in [0, 0.1) is 0 Å². The largest absolute Gasteiger partial charge is 0.353 e. The van der Waals surface area contributed by atoms with E-state index in [1.807, 2.05) is 6.92 Å². The molecule has 0 spiro atoms. The van der Waals surface area contributed by atoms with Crippen molar-refractivity contribution in [3.8, 4) is 0 Å². The summed E-state index contributed by atoms with van der Waals surface area (Å²) in [6.07, 6.45) is 4.46. The van der Waals surface area contributed by atoms with Gasteiger partial charge in [0.2, 0.25) is 11.8 Å². The number of nitrogens with zero attached hydrogens (tertiary/aromatic N) is 1. The van der Waals surface area contributed by atoms with Crippen LogP contribution in [0.2, 0.25) is 0 Å². The second-order valence-electron chi connectivity index (χ2n) is 5.58. The van der Waals surface area contributed by atoms with E-state index in [0.717, 1.165) is 32.2 Å². The third-order valence-electron chi connectivity index (χ3n) is 4.31. The number of amides is 2. The van der Waals surface area contributed by atoms with E-state index in [0.29, 0.717) is 19.5 Å². The van der Waals surface area contributed by atoms with Gasteiger partial charge in [-0.25, -0.2) is 0 Å². The van der Waals surface area contributed by atoms with Gasteiger partial charge in [-0.15, -0.1) is 0 Å². The normalized spacial score (nSPS) is 31.4. The van der Waals surface area contributed by atoms with Gasteiger partial charge in [0, 0.05) is 13.1 Å². The fourth-order valence-corrected chi connectivity index (χ4v) is 3.37. The summed E-state index contributed by atoms with van der Waals surface area (Å²) < 4.78 is 0. The molecule has 2 rings (SSSR count). The van der Waals surface area contributed by atoms with Crippen LogP contribution >= 0.6 is 0 Å². The maximum Gasteiger partial charge on any atom is 0.243 e. The average Bonchev–Trinajstić information content (AvgIpc) is 2.88. The maximum atomic E-state index is 12.9. The summed E-state index contributed by atoms with van der Waals surface area (Å²) in [6.45, 7) is 6.18. The van der Waals surface area contributed by atoms with Crippen LogP contribution in [0.3, 0.4) is 0 Å². The molecule has 108 valence electrons. The van der Waals surface area contributed by atoms with Crippen molar-refractivity contribution in [2.24, 2.45) is 0 Å². The molecule has 5 nitrogen and oxygen atoms in total. The molecule has 0 aromatic rings. The van der Waals surface area contributed by atoms with E-state index in [2.05, 4.69) is 17.6 Å². The van der Waals surface area contributed by atoms with Gasteiger partial charge in [-0.05, 0) is 32.2 Å². The van der Waals surface area contributed by atoms with Gasteiger partial charge in [-0.3, -0.25) is 9.59 Å². The minimum atomic E-state index is -0.417. The van der Waals surface area contributed by atoms with Crippen molar-refractivity contribution in [3.05, 3.63) is 0 Å². The van der Waals surface area contributed by atoms with Gasteiger partial charge in [0.25, 0.3) is 0 Å². The molecular weight excluding hydrogens is 242 g/mol. The zero-order valence-electron chi connectivity index (χ0n) is 12.0. The summed E-state index contributed by atoms with van der Waals surface area (Å²) in [5.74, 6) is 0.125. The maximum absolute atomic E-state index is 12.9. The monoisotopic (exact) mass is 267 g/mol. The Bertz CT molecular complexity index is 351. The van der Waals surface area contributed by atoms with Crippen molar-refractivity contribution in [2.45, 2.75) is 57.5 Å². The van der Waals surface area contributed by atoms with E-state index in [9.17, 15) is 9.59 Å². The van der Waals surface area contributed by atoms with Gasteiger partial charge < -0.3 is 15.5 Å². The number of hydrogen-bond acceptors (Lipinski definition) is 3. The number of rotatable bonds is 4. The molecular formula is C14H25N3O2. The quantitative estimate of drug-likeness (QED) is 0.786. The molecule has 0 aliphatic carbocycles.